The lowest BCUT2D eigenvalue weighted by Gasteiger charge is -2.17. The topological polar surface area (TPSA) is 77.0 Å². The molecule has 0 unspecified atom stereocenters. The van der Waals surface area contributed by atoms with Gasteiger partial charge in [0.05, 0.1) is 30.0 Å². The van der Waals surface area contributed by atoms with Gasteiger partial charge in [-0.2, -0.15) is 0 Å². The molecule has 0 atom stereocenters. The molecule has 0 radical (unpaired) electrons. The number of carbonyl (C=O) groups is 1. The summed E-state index contributed by atoms with van der Waals surface area (Å²) in [7, 11) is 1.53. The Balaban J connectivity index is 1.79. The molecule has 0 saturated heterocycles. The fourth-order valence-corrected chi connectivity index (χ4v) is 3.43. The van der Waals surface area contributed by atoms with Crippen LogP contribution in [-0.4, -0.2) is 24.8 Å². The molecular weight excluding hydrogens is 430 g/mol. The van der Waals surface area contributed by atoms with Gasteiger partial charge in [0.15, 0.2) is 11.5 Å². The van der Waals surface area contributed by atoms with Gasteiger partial charge in [0.25, 0.3) is 0 Å². The molecule has 3 rings (SSSR count). The molecule has 6 nitrogen and oxygen atoms in total. The number of rotatable bonds is 10. The van der Waals surface area contributed by atoms with E-state index in [1.54, 1.807) is 12.1 Å². The molecule has 2 N–H and O–H groups in total. The molecule has 0 spiro atoms. The van der Waals surface area contributed by atoms with Crippen LogP contribution in [0.3, 0.4) is 0 Å². The van der Waals surface area contributed by atoms with Gasteiger partial charge in [0, 0.05) is 6.54 Å². The number of nitrogens with one attached hydrogen (secondary N) is 1. The zero-order valence-electron chi connectivity index (χ0n) is 18.3. The Morgan fingerprint density at radius 1 is 1.00 bits per heavy atom. The number of aryl methyl sites for hydroxylation is 1. The quantitative estimate of drug-likeness (QED) is 0.393. The molecule has 0 saturated carbocycles. The smallest absolute Gasteiger partial charge is 0.335 e. The van der Waals surface area contributed by atoms with Crippen molar-refractivity contribution in [3.8, 4) is 17.2 Å². The van der Waals surface area contributed by atoms with E-state index in [4.69, 9.17) is 25.8 Å². The van der Waals surface area contributed by atoms with Crippen LogP contribution >= 0.6 is 11.6 Å². The van der Waals surface area contributed by atoms with Crippen molar-refractivity contribution in [1.29, 1.82) is 0 Å². The Morgan fingerprint density at radius 3 is 2.41 bits per heavy atom. The van der Waals surface area contributed by atoms with E-state index >= 15 is 0 Å². The third-order valence-corrected chi connectivity index (χ3v) is 5.08. The van der Waals surface area contributed by atoms with Gasteiger partial charge in [-0.15, -0.1) is 0 Å². The largest absolute Gasteiger partial charge is 0.495 e. The summed E-state index contributed by atoms with van der Waals surface area (Å²) >= 11 is 6.53. The Labute approximate surface area is 192 Å². The van der Waals surface area contributed by atoms with Gasteiger partial charge < -0.3 is 24.6 Å². The van der Waals surface area contributed by atoms with E-state index in [1.807, 2.05) is 44.2 Å². The van der Waals surface area contributed by atoms with Gasteiger partial charge in [-0.25, -0.2) is 4.79 Å². The Kier molecular flexibility index (Phi) is 7.84. The predicted molar refractivity (Wildman–Crippen MR) is 125 cm³/mol. The van der Waals surface area contributed by atoms with Crippen LogP contribution in [0.4, 0.5) is 5.69 Å². The molecule has 32 heavy (non-hydrogen) atoms. The molecule has 0 aliphatic rings. The first-order valence-corrected chi connectivity index (χ1v) is 10.6. The van der Waals surface area contributed by atoms with Gasteiger partial charge in [-0.1, -0.05) is 41.4 Å². The monoisotopic (exact) mass is 455 g/mol. The highest BCUT2D eigenvalue weighted by Gasteiger charge is 2.14. The molecule has 3 aromatic carbocycles. The number of halogens is 1. The molecule has 0 aromatic heterocycles. The average Bonchev–Trinajstić information content (AvgIpc) is 2.78. The molecule has 168 valence electrons. The number of hydrogen-bond acceptors (Lipinski definition) is 5. The van der Waals surface area contributed by atoms with Crippen molar-refractivity contribution in [3.05, 3.63) is 81.9 Å². The van der Waals surface area contributed by atoms with E-state index in [9.17, 15) is 9.90 Å². The van der Waals surface area contributed by atoms with E-state index in [-0.39, 0.29) is 5.56 Å². The molecule has 3 aromatic rings. The van der Waals surface area contributed by atoms with Crippen LogP contribution in [-0.2, 0) is 13.2 Å². The lowest BCUT2D eigenvalue weighted by atomic mass is 10.1. The van der Waals surface area contributed by atoms with Crippen LogP contribution in [0.5, 0.6) is 17.2 Å². The van der Waals surface area contributed by atoms with Crippen molar-refractivity contribution in [2.45, 2.75) is 27.0 Å². The molecule has 0 aliphatic heterocycles. The van der Waals surface area contributed by atoms with Crippen molar-refractivity contribution < 1.29 is 24.1 Å². The summed E-state index contributed by atoms with van der Waals surface area (Å²) < 4.78 is 17.1. The summed E-state index contributed by atoms with van der Waals surface area (Å²) in [5.74, 6) is 0.579. The van der Waals surface area contributed by atoms with E-state index in [0.29, 0.717) is 47.7 Å². The lowest BCUT2D eigenvalue weighted by Crippen LogP contribution is -2.06. The molecule has 0 heterocycles. The summed E-state index contributed by atoms with van der Waals surface area (Å²) in [6.45, 7) is 5.15. The van der Waals surface area contributed by atoms with Gasteiger partial charge in [-0.3, -0.25) is 0 Å². The van der Waals surface area contributed by atoms with Crippen LogP contribution in [0.15, 0.2) is 54.6 Å². The van der Waals surface area contributed by atoms with Crippen LogP contribution in [0.1, 0.15) is 34.0 Å². The lowest BCUT2D eigenvalue weighted by molar-refractivity contribution is 0.0697. The maximum absolute atomic E-state index is 11.3. The van der Waals surface area contributed by atoms with Crippen molar-refractivity contribution in [3.63, 3.8) is 0 Å². The molecule has 0 bridgehead atoms. The first kappa shape index (κ1) is 23.3. The molecule has 7 heteroatoms. The maximum Gasteiger partial charge on any atom is 0.335 e. The van der Waals surface area contributed by atoms with Crippen LogP contribution < -0.4 is 19.5 Å². The average molecular weight is 456 g/mol. The van der Waals surface area contributed by atoms with Crippen LogP contribution in [0, 0.1) is 6.92 Å². The second-order valence-electron chi connectivity index (χ2n) is 7.19. The summed E-state index contributed by atoms with van der Waals surface area (Å²) in [6.07, 6.45) is 0. The first-order chi connectivity index (χ1) is 15.4. The zero-order chi connectivity index (χ0) is 23.1. The van der Waals surface area contributed by atoms with E-state index in [2.05, 4.69) is 5.32 Å². The van der Waals surface area contributed by atoms with Crippen LogP contribution in [0.25, 0.3) is 0 Å². The number of ether oxygens (including phenoxy) is 3. The fraction of sp³-hybridized carbons (Fsp3) is 0.240. The highest BCUT2D eigenvalue weighted by molar-refractivity contribution is 6.32. The van der Waals surface area contributed by atoms with Crippen molar-refractivity contribution >= 4 is 23.3 Å². The van der Waals surface area contributed by atoms with E-state index in [1.165, 1.54) is 24.8 Å². The number of aromatic carboxylic acids is 1. The summed E-state index contributed by atoms with van der Waals surface area (Å²) in [4.78, 5) is 11.3. The molecular formula is C25H26ClNO5. The third-order valence-electron chi connectivity index (χ3n) is 4.80. The van der Waals surface area contributed by atoms with Gasteiger partial charge in [0.1, 0.15) is 12.4 Å². The van der Waals surface area contributed by atoms with E-state index < -0.39 is 5.97 Å². The predicted octanol–water partition coefficient (Wildman–Crippen LogP) is 5.95. The highest BCUT2D eigenvalue weighted by atomic mass is 35.5. The normalized spacial score (nSPS) is 10.5. The van der Waals surface area contributed by atoms with Gasteiger partial charge in [0.2, 0.25) is 0 Å². The standard InChI is InChI=1S/C25H26ClNO5/c1-4-31-23-12-18(14-27-21-13-19(25(28)29)9-10-22(21)30-3)11-20(26)24(23)32-15-17-7-5-16(2)6-8-17/h5-13,27H,4,14-15H2,1-3H3,(H,28,29). The summed E-state index contributed by atoms with van der Waals surface area (Å²) in [5, 5.41) is 12.9. The van der Waals surface area contributed by atoms with Crippen molar-refractivity contribution in [2.75, 3.05) is 19.0 Å². The number of anilines is 1. The number of hydrogen-bond donors (Lipinski definition) is 2. The van der Waals surface area contributed by atoms with E-state index in [0.717, 1.165) is 11.1 Å². The summed E-state index contributed by atoms with van der Waals surface area (Å²) in [6, 6.07) is 16.4. The molecule has 0 aliphatic carbocycles. The molecule has 0 amide bonds. The number of methoxy groups -OCH3 is 1. The number of carboxylic acids is 1. The minimum atomic E-state index is -1.01. The third kappa shape index (κ3) is 5.86. The molecule has 0 fully saturated rings. The Bertz CT molecular complexity index is 1080. The minimum absolute atomic E-state index is 0.168. The highest BCUT2D eigenvalue weighted by Crippen LogP contribution is 2.38. The Hall–Kier alpha value is -3.38. The number of carboxylic acid groups (broad SMARTS) is 1. The minimum Gasteiger partial charge on any atom is -0.495 e. The first-order valence-electron chi connectivity index (χ1n) is 10.2. The maximum atomic E-state index is 11.3. The SMILES string of the molecule is CCOc1cc(CNc2cc(C(=O)O)ccc2OC)cc(Cl)c1OCc1ccc(C)cc1. The second-order valence-corrected chi connectivity index (χ2v) is 7.59. The zero-order valence-corrected chi connectivity index (χ0v) is 19.0. The van der Waals surface area contributed by atoms with Gasteiger partial charge >= 0.3 is 5.97 Å². The van der Waals surface area contributed by atoms with Crippen LogP contribution in [0.2, 0.25) is 5.02 Å². The fourth-order valence-electron chi connectivity index (χ4n) is 3.14. The Morgan fingerprint density at radius 2 is 1.75 bits per heavy atom. The van der Waals surface area contributed by atoms with Crippen molar-refractivity contribution in [1.82, 2.24) is 0 Å². The van der Waals surface area contributed by atoms with Crippen molar-refractivity contribution in [2.24, 2.45) is 0 Å². The van der Waals surface area contributed by atoms with Gasteiger partial charge in [-0.05, 0) is 55.3 Å². The second kappa shape index (κ2) is 10.8. The summed E-state index contributed by atoms with van der Waals surface area (Å²) in [5.41, 5.74) is 3.81. The number of benzene rings is 3.